The van der Waals surface area contributed by atoms with Gasteiger partial charge in [0.15, 0.2) is 0 Å². The molecule has 1 aliphatic carbocycles. The zero-order valence-corrected chi connectivity index (χ0v) is 20.3. The first-order valence-electron chi connectivity index (χ1n) is 11.6. The van der Waals surface area contributed by atoms with Crippen LogP contribution in [0.5, 0.6) is 5.75 Å². The Morgan fingerprint density at radius 1 is 0.912 bits per heavy atom. The van der Waals surface area contributed by atoms with Crippen molar-refractivity contribution < 1.29 is 23.9 Å². The molecule has 0 bridgehead atoms. The second-order valence-corrected chi connectivity index (χ2v) is 8.78. The van der Waals surface area contributed by atoms with Gasteiger partial charge in [-0.25, -0.2) is 0 Å². The first kappa shape index (κ1) is 25.6. The van der Waals surface area contributed by atoms with E-state index >= 15 is 0 Å². The van der Waals surface area contributed by atoms with Crippen LogP contribution in [0.4, 0.5) is 0 Å². The summed E-state index contributed by atoms with van der Waals surface area (Å²) in [5.74, 6) is 0.149. The summed E-state index contributed by atoms with van der Waals surface area (Å²) in [5.41, 5.74) is 1.91. The second-order valence-electron chi connectivity index (χ2n) is 8.34. The number of nitrogens with one attached hydrogen (secondary N) is 2. The van der Waals surface area contributed by atoms with Crippen molar-refractivity contribution in [2.24, 2.45) is 5.92 Å². The van der Waals surface area contributed by atoms with E-state index in [1.54, 1.807) is 36.4 Å². The Bertz CT molecular complexity index is 1000. The van der Waals surface area contributed by atoms with Gasteiger partial charge in [-0.15, -0.1) is 0 Å². The van der Waals surface area contributed by atoms with Crippen LogP contribution in [0.2, 0.25) is 5.02 Å². The molecule has 1 aliphatic rings. The number of ether oxygens (including phenoxy) is 2. The highest BCUT2D eigenvalue weighted by molar-refractivity contribution is 6.30. The highest BCUT2D eigenvalue weighted by Gasteiger charge is 2.28. The average Bonchev–Trinajstić information content (AvgIpc) is 2.84. The molecule has 2 amide bonds. The number of benzene rings is 2. The molecule has 2 N–H and O–H groups in total. The molecular weight excluding hydrogens is 456 g/mol. The van der Waals surface area contributed by atoms with Crippen molar-refractivity contribution in [2.45, 2.75) is 45.6 Å². The van der Waals surface area contributed by atoms with Gasteiger partial charge in [0.1, 0.15) is 5.75 Å². The van der Waals surface area contributed by atoms with E-state index in [4.69, 9.17) is 21.1 Å². The molecule has 2 aromatic carbocycles. The predicted molar refractivity (Wildman–Crippen MR) is 130 cm³/mol. The van der Waals surface area contributed by atoms with E-state index < -0.39 is 0 Å². The second kappa shape index (κ2) is 12.4. The van der Waals surface area contributed by atoms with Gasteiger partial charge in [-0.2, -0.15) is 0 Å². The highest BCUT2D eigenvalue weighted by atomic mass is 35.5. The maximum Gasteiger partial charge on any atom is 0.308 e. The summed E-state index contributed by atoms with van der Waals surface area (Å²) in [4.78, 5) is 36.5. The van der Waals surface area contributed by atoms with Crippen LogP contribution in [0.15, 0.2) is 42.5 Å². The van der Waals surface area contributed by atoms with Gasteiger partial charge in [-0.1, -0.05) is 11.6 Å². The van der Waals surface area contributed by atoms with Gasteiger partial charge in [-0.3, -0.25) is 14.4 Å². The molecule has 3 rings (SSSR count). The number of hydrogen-bond acceptors (Lipinski definition) is 5. The molecule has 0 heterocycles. The van der Waals surface area contributed by atoms with Crippen LogP contribution < -0.4 is 15.4 Å². The molecule has 0 aromatic heterocycles. The number of amides is 2. The summed E-state index contributed by atoms with van der Waals surface area (Å²) in [5, 5.41) is 6.14. The predicted octanol–water partition coefficient (Wildman–Crippen LogP) is 4.31. The zero-order valence-electron chi connectivity index (χ0n) is 19.6. The maximum absolute atomic E-state index is 12.5. The van der Waals surface area contributed by atoms with Crippen molar-refractivity contribution in [3.05, 3.63) is 64.2 Å². The summed E-state index contributed by atoms with van der Waals surface area (Å²) in [7, 11) is 0. The van der Waals surface area contributed by atoms with Crippen LogP contribution in [-0.4, -0.2) is 43.6 Å². The van der Waals surface area contributed by atoms with Crippen molar-refractivity contribution in [3.63, 3.8) is 0 Å². The Kier molecular flexibility index (Phi) is 9.33. The summed E-state index contributed by atoms with van der Waals surface area (Å²) < 4.78 is 11.3. The van der Waals surface area contributed by atoms with Crippen molar-refractivity contribution >= 4 is 29.4 Å². The standard InChI is InChI=1S/C26H31ClN2O5/c1-3-33-26(32)19-6-11-22(12-7-19)34-23-13-8-20(16-17(23)2)25(31)29-15-14-28-24(30)18-4-9-21(27)10-5-18/h4-5,8-10,13,16,19,22H,3,6-7,11-12,14-15H2,1-2H3,(H,28,30)(H,29,31)/t19-,22+. The summed E-state index contributed by atoms with van der Waals surface area (Å²) in [6, 6.07) is 11.9. The molecule has 0 aliphatic heterocycles. The fraction of sp³-hybridized carbons (Fsp3) is 0.423. The molecule has 182 valence electrons. The van der Waals surface area contributed by atoms with Crippen LogP contribution in [0.25, 0.3) is 0 Å². The third-order valence-corrected chi connectivity index (χ3v) is 6.08. The lowest BCUT2D eigenvalue weighted by atomic mass is 9.87. The van der Waals surface area contributed by atoms with Crippen LogP contribution in [0, 0.1) is 12.8 Å². The molecule has 2 aromatic rings. The van der Waals surface area contributed by atoms with Gasteiger partial charge in [0.2, 0.25) is 0 Å². The van der Waals surface area contributed by atoms with E-state index in [0.717, 1.165) is 37.0 Å². The van der Waals surface area contributed by atoms with Crippen molar-refractivity contribution in [1.82, 2.24) is 10.6 Å². The molecule has 8 heteroatoms. The Labute approximate surface area is 205 Å². The van der Waals surface area contributed by atoms with Crippen LogP contribution in [-0.2, 0) is 9.53 Å². The summed E-state index contributed by atoms with van der Waals surface area (Å²) in [6.45, 7) is 4.75. The fourth-order valence-electron chi connectivity index (χ4n) is 3.94. The van der Waals surface area contributed by atoms with Gasteiger partial charge in [0, 0.05) is 29.2 Å². The lowest BCUT2D eigenvalue weighted by Gasteiger charge is -2.28. The SMILES string of the molecule is CCOC(=O)[C@H]1CC[C@@H](Oc2ccc(C(=O)NCCNC(=O)c3ccc(Cl)cc3)cc2C)CC1. The zero-order chi connectivity index (χ0) is 24.5. The monoisotopic (exact) mass is 486 g/mol. The van der Waals surface area contributed by atoms with Crippen LogP contribution >= 0.6 is 11.6 Å². The van der Waals surface area contributed by atoms with Gasteiger partial charge < -0.3 is 20.1 Å². The van der Waals surface area contributed by atoms with E-state index in [1.165, 1.54) is 0 Å². The smallest absolute Gasteiger partial charge is 0.308 e. The van der Waals surface area contributed by atoms with E-state index in [0.29, 0.717) is 35.8 Å². The van der Waals surface area contributed by atoms with Crippen molar-refractivity contribution in [1.29, 1.82) is 0 Å². The summed E-state index contributed by atoms with van der Waals surface area (Å²) in [6.07, 6.45) is 3.17. The van der Waals surface area contributed by atoms with E-state index in [2.05, 4.69) is 10.6 Å². The third-order valence-electron chi connectivity index (χ3n) is 5.83. The minimum absolute atomic E-state index is 0.0389. The molecule has 0 atom stereocenters. The van der Waals surface area contributed by atoms with Crippen molar-refractivity contribution in [3.8, 4) is 5.75 Å². The van der Waals surface area contributed by atoms with Gasteiger partial charge >= 0.3 is 5.97 Å². The van der Waals surface area contributed by atoms with Crippen LogP contribution in [0.3, 0.4) is 0 Å². The first-order chi connectivity index (χ1) is 16.4. The molecule has 0 unspecified atom stereocenters. The maximum atomic E-state index is 12.5. The largest absolute Gasteiger partial charge is 0.490 e. The summed E-state index contributed by atoms with van der Waals surface area (Å²) >= 11 is 5.83. The van der Waals surface area contributed by atoms with Gasteiger partial charge in [0.05, 0.1) is 18.6 Å². The Hall–Kier alpha value is -3.06. The first-order valence-corrected chi connectivity index (χ1v) is 12.0. The third kappa shape index (κ3) is 7.22. The van der Waals surface area contributed by atoms with Gasteiger partial charge in [0.25, 0.3) is 11.8 Å². The number of halogens is 1. The number of esters is 1. The number of rotatable bonds is 9. The van der Waals surface area contributed by atoms with E-state index in [9.17, 15) is 14.4 Å². The minimum Gasteiger partial charge on any atom is -0.490 e. The lowest BCUT2D eigenvalue weighted by molar-refractivity contribution is -0.149. The van der Waals surface area contributed by atoms with Crippen LogP contribution in [0.1, 0.15) is 58.9 Å². The number of aryl methyl sites for hydroxylation is 1. The molecule has 0 radical (unpaired) electrons. The topological polar surface area (TPSA) is 93.7 Å². The van der Waals surface area contributed by atoms with E-state index in [-0.39, 0.29) is 29.8 Å². The highest BCUT2D eigenvalue weighted by Crippen LogP contribution is 2.30. The Morgan fingerprint density at radius 2 is 1.50 bits per heavy atom. The number of carbonyl (C=O) groups is 3. The Balaban J connectivity index is 1.42. The molecule has 0 spiro atoms. The van der Waals surface area contributed by atoms with Crippen molar-refractivity contribution in [2.75, 3.05) is 19.7 Å². The quantitative estimate of drug-likeness (QED) is 0.407. The molecule has 1 saturated carbocycles. The minimum atomic E-state index is -0.223. The molecule has 34 heavy (non-hydrogen) atoms. The van der Waals surface area contributed by atoms with Gasteiger partial charge in [-0.05, 0) is 87.6 Å². The molecular formula is C26H31ClN2O5. The van der Waals surface area contributed by atoms with E-state index in [1.807, 2.05) is 19.9 Å². The average molecular weight is 487 g/mol. The lowest BCUT2D eigenvalue weighted by Crippen LogP contribution is -2.34. The molecule has 7 nitrogen and oxygen atoms in total. The Morgan fingerprint density at radius 3 is 2.09 bits per heavy atom. The molecule has 1 fully saturated rings. The molecule has 0 saturated heterocycles. The normalized spacial score (nSPS) is 17.5. The fourth-order valence-corrected chi connectivity index (χ4v) is 4.06. The number of hydrogen-bond donors (Lipinski definition) is 2. The number of carbonyl (C=O) groups excluding carboxylic acids is 3.